The number of aromatic nitrogens is 3. The van der Waals surface area contributed by atoms with Crippen LogP contribution >= 0.6 is 0 Å². The molecular weight excluding hydrogens is 602 g/mol. The van der Waals surface area contributed by atoms with Crippen LogP contribution in [0.2, 0.25) is 0 Å². The second-order valence-electron chi connectivity index (χ2n) is 15.5. The summed E-state index contributed by atoms with van der Waals surface area (Å²) in [6.07, 6.45) is 12.6. The van der Waals surface area contributed by atoms with Crippen LogP contribution in [0.1, 0.15) is 96.1 Å². The van der Waals surface area contributed by atoms with Gasteiger partial charge in [0.25, 0.3) is 0 Å². The van der Waals surface area contributed by atoms with Crippen molar-refractivity contribution in [2.45, 2.75) is 104 Å². The predicted molar refractivity (Wildman–Crippen MR) is 188 cm³/mol. The lowest BCUT2D eigenvalue weighted by Gasteiger charge is -2.38. The number of likely N-dealkylation sites (tertiary alicyclic amines) is 1. The Bertz CT molecular complexity index is 1570. The Morgan fingerprint density at radius 1 is 0.958 bits per heavy atom. The Labute approximate surface area is 286 Å². The Balaban J connectivity index is 1.16. The molecule has 258 valence electrons. The van der Waals surface area contributed by atoms with Crippen molar-refractivity contribution in [2.24, 2.45) is 17.8 Å². The van der Waals surface area contributed by atoms with Crippen molar-refractivity contribution in [3.63, 3.8) is 0 Å². The van der Waals surface area contributed by atoms with Gasteiger partial charge in [0, 0.05) is 43.5 Å². The first-order valence-corrected chi connectivity index (χ1v) is 17.9. The molecule has 3 heterocycles. The topological polar surface area (TPSA) is 89.8 Å². The molecule has 0 radical (unpaired) electrons. The molecule has 0 N–H and O–H groups in total. The summed E-state index contributed by atoms with van der Waals surface area (Å²) in [6.45, 7) is 12.8. The average molecular weight is 656 g/mol. The number of benzene rings is 1. The van der Waals surface area contributed by atoms with Gasteiger partial charge in [-0.15, -0.1) is 0 Å². The molecule has 3 aromatic rings. The van der Waals surface area contributed by atoms with Gasteiger partial charge in [0.05, 0.1) is 18.8 Å². The maximum Gasteiger partial charge on any atom is 0.410 e. The summed E-state index contributed by atoms with van der Waals surface area (Å²) in [4.78, 5) is 35.5. The van der Waals surface area contributed by atoms with Gasteiger partial charge in [-0.3, -0.25) is 14.4 Å². The molecule has 0 spiro atoms. The van der Waals surface area contributed by atoms with Crippen molar-refractivity contribution in [3.05, 3.63) is 60.0 Å². The van der Waals surface area contributed by atoms with Gasteiger partial charge in [-0.1, -0.05) is 19.1 Å². The van der Waals surface area contributed by atoms with Crippen LogP contribution in [0.3, 0.4) is 0 Å². The second kappa shape index (κ2) is 14.3. The van der Waals surface area contributed by atoms with Crippen molar-refractivity contribution in [1.29, 1.82) is 0 Å². The first-order valence-electron chi connectivity index (χ1n) is 17.9. The van der Waals surface area contributed by atoms with E-state index in [9.17, 15) is 9.59 Å². The summed E-state index contributed by atoms with van der Waals surface area (Å²) in [5.41, 5.74) is 4.44. The molecule has 3 fully saturated rings. The Morgan fingerprint density at radius 3 is 2.31 bits per heavy atom. The van der Waals surface area contributed by atoms with Gasteiger partial charge in [-0.2, -0.15) is 5.10 Å². The minimum absolute atomic E-state index is 0.114. The van der Waals surface area contributed by atoms with Crippen molar-refractivity contribution < 1.29 is 19.1 Å². The monoisotopic (exact) mass is 655 g/mol. The molecule has 0 atom stereocenters. The average Bonchev–Trinajstić information content (AvgIpc) is 3.58. The van der Waals surface area contributed by atoms with Crippen LogP contribution in [0.25, 0.3) is 11.1 Å². The zero-order valence-electron chi connectivity index (χ0n) is 29.7. The van der Waals surface area contributed by atoms with Gasteiger partial charge in [0.1, 0.15) is 17.7 Å². The molecule has 9 heteroatoms. The molecule has 2 aromatic heterocycles. The maximum atomic E-state index is 14.4. The summed E-state index contributed by atoms with van der Waals surface area (Å²) >= 11 is 0. The summed E-state index contributed by atoms with van der Waals surface area (Å²) in [5, 5.41) is 4.61. The third kappa shape index (κ3) is 7.71. The minimum Gasteiger partial charge on any atom is -0.496 e. The van der Waals surface area contributed by atoms with E-state index in [0.717, 1.165) is 55.6 Å². The smallest absolute Gasteiger partial charge is 0.410 e. The first kappa shape index (κ1) is 34.0. The van der Waals surface area contributed by atoms with E-state index in [-0.39, 0.29) is 29.6 Å². The quantitative estimate of drug-likeness (QED) is 0.245. The highest BCUT2D eigenvalue weighted by Gasteiger charge is 2.36. The summed E-state index contributed by atoms with van der Waals surface area (Å²) in [7, 11) is 1.72. The number of carbonyl (C=O) groups is 2. The van der Waals surface area contributed by atoms with Crippen molar-refractivity contribution in [1.82, 2.24) is 19.7 Å². The van der Waals surface area contributed by atoms with E-state index in [0.29, 0.717) is 55.8 Å². The van der Waals surface area contributed by atoms with Crippen molar-refractivity contribution in [3.8, 4) is 16.9 Å². The van der Waals surface area contributed by atoms with Crippen LogP contribution in [0.5, 0.6) is 5.75 Å². The predicted octanol–water partition coefficient (Wildman–Crippen LogP) is 7.97. The lowest BCUT2D eigenvalue weighted by molar-refractivity contribution is -0.124. The standard InChI is InChI=1S/C39H53N5O4/c1-26-22-42(23-26)38(46)48-34-14-11-30(12-15-34)37(45)43(36-20-32(17-18-40-36)33-21-41-44(25-33)39(3,4)5)24-28-7-9-29(10-8-28)31-13-16-35(47-6)27(2)19-31/h13,16-21,25-26,28-30,34H,7-12,14-15,22-24H2,1-6H3. The maximum absolute atomic E-state index is 14.4. The number of carbonyl (C=O) groups excluding carboxylic acids is 2. The number of ether oxygens (including phenoxy) is 2. The highest BCUT2D eigenvalue weighted by Crippen LogP contribution is 2.39. The third-order valence-corrected chi connectivity index (χ3v) is 10.7. The highest BCUT2D eigenvalue weighted by atomic mass is 16.6. The largest absolute Gasteiger partial charge is 0.496 e. The number of aryl methyl sites for hydroxylation is 1. The normalized spacial score (nSPS) is 23.3. The fourth-order valence-corrected chi connectivity index (χ4v) is 7.69. The van der Waals surface area contributed by atoms with Crippen LogP contribution in [0, 0.1) is 24.7 Å². The number of methoxy groups -OCH3 is 1. The number of hydrogen-bond donors (Lipinski definition) is 0. The van der Waals surface area contributed by atoms with Crippen molar-refractivity contribution >= 4 is 17.8 Å². The number of hydrogen-bond acceptors (Lipinski definition) is 6. The number of pyridine rings is 1. The Hall–Kier alpha value is -3.88. The van der Waals surface area contributed by atoms with Crippen LogP contribution in [-0.4, -0.2) is 64.5 Å². The van der Waals surface area contributed by atoms with Gasteiger partial charge < -0.3 is 14.4 Å². The molecule has 9 nitrogen and oxygen atoms in total. The fraction of sp³-hybridized carbons (Fsp3) is 0.590. The lowest BCUT2D eigenvalue weighted by atomic mass is 9.78. The zero-order chi connectivity index (χ0) is 34.0. The molecule has 48 heavy (non-hydrogen) atoms. The molecule has 1 aromatic carbocycles. The highest BCUT2D eigenvalue weighted by molar-refractivity contribution is 5.94. The van der Waals surface area contributed by atoms with Crippen LogP contribution in [-0.2, 0) is 15.1 Å². The third-order valence-electron chi connectivity index (χ3n) is 10.7. The first-order chi connectivity index (χ1) is 23.0. The molecule has 1 aliphatic heterocycles. The van der Waals surface area contributed by atoms with E-state index in [2.05, 4.69) is 70.2 Å². The number of nitrogens with zero attached hydrogens (tertiary/aromatic N) is 5. The molecule has 3 aliphatic rings. The molecule has 0 unspecified atom stereocenters. The molecule has 1 saturated heterocycles. The summed E-state index contributed by atoms with van der Waals surface area (Å²) in [6, 6.07) is 10.6. The number of anilines is 1. The van der Waals surface area contributed by atoms with E-state index in [1.54, 1.807) is 12.0 Å². The molecule has 2 saturated carbocycles. The SMILES string of the molecule is COc1ccc(C2CCC(CN(C(=O)C3CCC(OC(=O)N4CC(C)C4)CC3)c3cc(-c4cnn(C(C)(C)C)c4)ccn3)CC2)cc1C. The van der Waals surface area contributed by atoms with Crippen LogP contribution in [0.15, 0.2) is 48.9 Å². The lowest BCUT2D eigenvalue weighted by Crippen LogP contribution is -2.50. The van der Waals surface area contributed by atoms with Gasteiger partial charge in [-0.25, -0.2) is 9.78 Å². The molecular formula is C39H53N5O4. The van der Waals surface area contributed by atoms with Gasteiger partial charge >= 0.3 is 6.09 Å². The van der Waals surface area contributed by atoms with Crippen LogP contribution in [0.4, 0.5) is 10.6 Å². The van der Waals surface area contributed by atoms with E-state index in [4.69, 9.17) is 14.5 Å². The molecule has 2 aliphatic carbocycles. The van der Waals surface area contributed by atoms with E-state index < -0.39 is 0 Å². The Kier molecular flexibility index (Phi) is 10.1. The Morgan fingerprint density at radius 2 is 1.69 bits per heavy atom. The van der Waals surface area contributed by atoms with Gasteiger partial charge in [0.15, 0.2) is 0 Å². The number of amides is 2. The van der Waals surface area contributed by atoms with Gasteiger partial charge in [0.2, 0.25) is 5.91 Å². The van der Waals surface area contributed by atoms with Gasteiger partial charge in [-0.05, 0) is 132 Å². The second-order valence-corrected chi connectivity index (χ2v) is 15.5. The van der Waals surface area contributed by atoms with Crippen molar-refractivity contribution in [2.75, 3.05) is 31.6 Å². The van der Waals surface area contributed by atoms with E-state index in [1.165, 1.54) is 11.1 Å². The molecule has 2 amide bonds. The van der Waals surface area contributed by atoms with E-state index >= 15 is 0 Å². The number of rotatable bonds is 8. The van der Waals surface area contributed by atoms with E-state index in [1.807, 2.05) is 28.0 Å². The summed E-state index contributed by atoms with van der Waals surface area (Å²) < 4.78 is 13.3. The molecule has 0 bridgehead atoms. The zero-order valence-corrected chi connectivity index (χ0v) is 29.7. The molecule has 6 rings (SSSR count). The summed E-state index contributed by atoms with van der Waals surface area (Å²) in [5.74, 6) is 3.12. The minimum atomic E-state index is -0.208. The fourth-order valence-electron chi connectivity index (χ4n) is 7.69. The van der Waals surface area contributed by atoms with Crippen LogP contribution < -0.4 is 9.64 Å².